The Bertz CT molecular complexity index is 807. The molecule has 0 aliphatic heterocycles. The van der Waals surface area contributed by atoms with Gasteiger partial charge in [-0.3, -0.25) is 4.79 Å². The minimum atomic E-state index is -0.0198. The SMILES string of the molecule is Cc1sc2nc(CCCSc3nncs3)[nH]c(=O)c2c1C. The summed E-state index contributed by atoms with van der Waals surface area (Å²) in [6, 6.07) is 0. The molecule has 3 heterocycles. The number of aromatic amines is 1. The van der Waals surface area contributed by atoms with Gasteiger partial charge in [-0.1, -0.05) is 23.1 Å². The first kappa shape index (κ1) is 14.7. The largest absolute Gasteiger partial charge is 0.310 e. The highest BCUT2D eigenvalue weighted by Crippen LogP contribution is 2.26. The summed E-state index contributed by atoms with van der Waals surface area (Å²) in [5.74, 6) is 1.71. The summed E-state index contributed by atoms with van der Waals surface area (Å²) >= 11 is 4.83. The molecule has 0 radical (unpaired) electrons. The summed E-state index contributed by atoms with van der Waals surface area (Å²) in [5, 5.41) is 8.53. The number of thioether (sulfide) groups is 1. The number of aromatic nitrogens is 4. The third kappa shape index (κ3) is 3.17. The van der Waals surface area contributed by atoms with Crippen molar-refractivity contribution < 1.29 is 0 Å². The quantitative estimate of drug-likeness (QED) is 0.571. The van der Waals surface area contributed by atoms with Gasteiger partial charge >= 0.3 is 0 Å². The van der Waals surface area contributed by atoms with E-state index in [0.29, 0.717) is 0 Å². The van der Waals surface area contributed by atoms with Crippen LogP contribution in [-0.2, 0) is 6.42 Å². The molecule has 0 spiro atoms. The standard InChI is InChI=1S/C13H14N4OS3/c1-7-8(2)21-12-10(7)11(18)15-9(16-12)4-3-5-19-13-17-14-6-20-13/h6H,3-5H2,1-2H3,(H,15,16,18). The van der Waals surface area contributed by atoms with Crippen molar-refractivity contribution >= 4 is 44.7 Å². The normalized spacial score (nSPS) is 11.3. The van der Waals surface area contributed by atoms with E-state index in [4.69, 9.17) is 0 Å². The Morgan fingerprint density at radius 1 is 1.38 bits per heavy atom. The Kier molecular flexibility index (Phi) is 4.37. The summed E-state index contributed by atoms with van der Waals surface area (Å²) in [6.45, 7) is 4.00. The lowest BCUT2D eigenvalue weighted by Gasteiger charge is -2.00. The smallest absolute Gasteiger partial charge is 0.259 e. The summed E-state index contributed by atoms with van der Waals surface area (Å²) in [6.07, 6.45) is 1.72. The lowest BCUT2D eigenvalue weighted by molar-refractivity contribution is 0.844. The second kappa shape index (κ2) is 6.25. The average molecular weight is 338 g/mol. The Balaban J connectivity index is 1.68. The average Bonchev–Trinajstić information content (AvgIpc) is 3.04. The first-order valence-corrected chi connectivity index (χ1v) is 9.21. The molecule has 0 unspecified atom stereocenters. The van der Waals surface area contributed by atoms with Gasteiger partial charge in [-0.2, -0.15) is 0 Å². The van der Waals surface area contributed by atoms with Crippen molar-refractivity contribution in [3.63, 3.8) is 0 Å². The van der Waals surface area contributed by atoms with Gasteiger partial charge < -0.3 is 4.98 Å². The van der Waals surface area contributed by atoms with Crippen LogP contribution in [0.25, 0.3) is 10.2 Å². The number of nitrogens with one attached hydrogen (secondary N) is 1. The van der Waals surface area contributed by atoms with Gasteiger partial charge in [0.05, 0.1) is 5.39 Å². The van der Waals surface area contributed by atoms with E-state index in [1.807, 2.05) is 13.8 Å². The molecule has 110 valence electrons. The number of rotatable bonds is 5. The monoisotopic (exact) mass is 338 g/mol. The van der Waals surface area contributed by atoms with E-state index in [-0.39, 0.29) is 5.56 Å². The molecule has 3 rings (SSSR count). The Hall–Kier alpha value is -1.25. The zero-order chi connectivity index (χ0) is 14.8. The molecule has 0 amide bonds. The number of fused-ring (bicyclic) bond motifs is 1. The van der Waals surface area contributed by atoms with Crippen LogP contribution >= 0.6 is 34.4 Å². The molecular formula is C13H14N4OS3. The Morgan fingerprint density at radius 2 is 2.24 bits per heavy atom. The van der Waals surface area contributed by atoms with Crippen molar-refractivity contribution in [3.8, 4) is 0 Å². The molecule has 0 aliphatic carbocycles. The second-order valence-electron chi connectivity index (χ2n) is 4.63. The predicted molar refractivity (Wildman–Crippen MR) is 88.7 cm³/mol. The van der Waals surface area contributed by atoms with Crippen LogP contribution in [0.5, 0.6) is 0 Å². The minimum Gasteiger partial charge on any atom is -0.310 e. The van der Waals surface area contributed by atoms with Gasteiger partial charge in [0.2, 0.25) is 0 Å². The predicted octanol–water partition coefficient (Wildman–Crippen LogP) is 3.18. The van der Waals surface area contributed by atoms with E-state index in [2.05, 4.69) is 20.2 Å². The summed E-state index contributed by atoms with van der Waals surface area (Å²) < 4.78 is 0.983. The van der Waals surface area contributed by atoms with Crippen LogP contribution in [0.2, 0.25) is 0 Å². The maximum absolute atomic E-state index is 12.1. The molecule has 3 aromatic rings. The molecule has 0 aliphatic rings. The van der Waals surface area contributed by atoms with Crippen molar-refractivity contribution in [1.82, 2.24) is 20.2 Å². The molecule has 5 nitrogen and oxygen atoms in total. The summed E-state index contributed by atoms with van der Waals surface area (Å²) in [7, 11) is 0. The first-order valence-electron chi connectivity index (χ1n) is 6.53. The van der Waals surface area contributed by atoms with Gasteiger partial charge in [-0.05, 0) is 25.8 Å². The van der Waals surface area contributed by atoms with Gasteiger partial charge in [0, 0.05) is 17.1 Å². The van der Waals surface area contributed by atoms with Crippen LogP contribution in [0.1, 0.15) is 22.7 Å². The van der Waals surface area contributed by atoms with Crippen molar-refractivity contribution in [2.24, 2.45) is 0 Å². The number of aryl methyl sites for hydroxylation is 3. The fourth-order valence-corrected chi connectivity index (χ4v) is 4.59. The molecule has 1 N–H and O–H groups in total. The molecule has 8 heteroatoms. The molecule has 21 heavy (non-hydrogen) atoms. The van der Waals surface area contributed by atoms with Crippen molar-refractivity contribution in [1.29, 1.82) is 0 Å². The number of hydrogen-bond donors (Lipinski definition) is 1. The van der Waals surface area contributed by atoms with Gasteiger partial charge in [0.15, 0.2) is 4.34 Å². The van der Waals surface area contributed by atoms with Gasteiger partial charge in [0.25, 0.3) is 5.56 Å². The van der Waals surface area contributed by atoms with Crippen molar-refractivity contribution in [2.45, 2.75) is 31.0 Å². The highest BCUT2D eigenvalue weighted by Gasteiger charge is 2.11. The fourth-order valence-electron chi connectivity index (χ4n) is 2.04. The maximum Gasteiger partial charge on any atom is 0.259 e. The topological polar surface area (TPSA) is 71.5 Å². The van der Waals surface area contributed by atoms with E-state index in [0.717, 1.165) is 49.4 Å². The second-order valence-corrected chi connectivity index (χ2v) is 8.01. The first-order chi connectivity index (χ1) is 10.1. The molecule has 0 saturated heterocycles. The minimum absolute atomic E-state index is 0.0198. The molecule has 0 fully saturated rings. The highest BCUT2D eigenvalue weighted by atomic mass is 32.2. The third-order valence-corrected chi connectivity index (χ3v) is 6.26. The summed E-state index contributed by atoms with van der Waals surface area (Å²) in [4.78, 5) is 21.6. The highest BCUT2D eigenvalue weighted by molar-refractivity contribution is 8.00. The van der Waals surface area contributed by atoms with Crippen molar-refractivity contribution in [3.05, 3.63) is 32.1 Å². The number of H-pyrrole nitrogens is 1. The number of thiophene rings is 1. The van der Waals surface area contributed by atoms with E-state index in [1.54, 1.807) is 39.9 Å². The van der Waals surface area contributed by atoms with E-state index in [9.17, 15) is 4.79 Å². The summed E-state index contributed by atoms with van der Waals surface area (Å²) in [5.41, 5.74) is 2.76. The van der Waals surface area contributed by atoms with Crippen LogP contribution in [0.3, 0.4) is 0 Å². The van der Waals surface area contributed by atoms with Crippen LogP contribution in [0.4, 0.5) is 0 Å². The molecule has 0 saturated carbocycles. The fraction of sp³-hybridized carbons (Fsp3) is 0.385. The van der Waals surface area contributed by atoms with Crippen LogP contribution in [0.15, 0.2) is 14.6 Å². The molecule has 3 aromatic heterocycles. The van der Waals surface area contributed by atoms with Crippen LogP contribution < -0.4 is 5.56 Å². The Morgan fingerprint density at radius 3 is 3.00 bits per heavy atom. The molecule has 0 aromatic carbocycles. The number of nitrogens with zero attached hydrogens (tertiary/aromatic N) is 3. The van der Waals surface area contributed by atoms with E-state index < -0.39 is 0 Å². The molecule has 0 bridgehead atoms. The third-order valence-electron chi connectivity index (χ3n) is 3.21. The zero-order valence-electron chi connectivity index (χ0n) is 11.7. The lowest BCUT2D eigenvalue weighted by Crippen LogP contribution is -2.11. The lowest BCUT2D eigenvalue weighted by atomic mass is 10.2. The van der Waals surface area contributed by atoms with E-state index >= 15 is 0 Å². The maximum atomic E-state index is 12.1. The van der Waals surface area contributed by atoms with Crippen LogP contribution in [-0.4, -0.2) is 25.9 Å². The number of hydrogen-bond acceptors (Lipinski definition) is 7. The zero-order valence-corrected chi connectivity index (χ0v) is 14.1. The van der Waals surface area contributed by atoms with Gasteiger partial charge in [-0.25, -0.2) is 4.98 Å². The van der Waals surface area contributed by atoms with Gasteiger partial charge in [0.1, 0.15) is 16.2 Å². The molecular weight excluding hydrogens is 324 g/mol. The molecule has 0 atom stereocenters. The van der Waals surface area contributed by atoms with Crippen LogP contribution in [0, 0.1) is 13.8 Å². The Labute approximate surface area is 133 Å². The van der Waals surface area contributed by atoms with Gasteiger partial charge in [-0.15, -0.1) is 21.5 Å². The van der Waals surface area contributed by atoms with E-state index in [1.165, 1.54) is 0 Å². The van der Waals surface area contributed by atoms with Crippen molar-refractivity contribution in [2.75, 3.05) is 5.75 Å².